The van der Waals surface area contributed by atoms with E-state index in [1.165, 1.54) is 0 Å². The maximum atomic E-state index is 12.6. The highest BCUT2D eigenvalue weighted by atomic mass is 16.5. The molecule has 0 unspecified atom stereocenters. The second kappa shape index (κ2) is 7.17. The van der Waals surface area contributed by atoms with Crippen LogP contribution in [0.15, 0.2) is 53.3 Å². The van der Waals surface area contributed by atoms with Crippen molar-refractivity contribution in [3.05, 3.63) is 70.1 Å². The second-order valence-electron chi connectivity index (χ2n) is 5.64. The van der Waals surface area contributed by atoms with E-state index in [4.69, 9.17) is 4.74 Å². The Bertz CT molecular complexity index is 948. The van der Waals surface area contributed by atoms with E-state index in [1.54, 1.807) is 24.3 Å². The van der Waals surface area contributed by atoms with Crippen molar-refractivity contribution >= 4 is 16.7 Å². The number of rotatable bonds is 5. The van der Waals surface area contributed by atoms with E-state index in [9.17, 15) is 9.59 Å². The molecule has 0 fully saturated rings. The summed E-state index contributed by atoms with van der Waals surface area (Å²) < 4.78 is 5.42. The minimum Gasteiger partial charge on any atom is -0.494 e. The Kier molecular flexibility index (Phi) is 4.79. The molecule has 3 aromatic rings. The third kappa shape index (κ3) is 3.52. The Balaban J connectivity index is 1.82. The summed E-state index contributed by atoms with van der Waals surface area (Å²) in [5.41, 5.74) is 0.838. The van der Waals surface area contributed by atoms with Crippen molar-refractivity contribution in [1.29, 1.82) is 0 Å². The Morgan fingerprint density at radius 3 is 2.52 bits per heavy atom. The molecule has 6 heteroatoms. The van der Waals surface area contributed by atoms with Gasteiger partial charge in [0.15, 0.2) is 5.69 Å². The largest absolute Gasteiger partial charge is 0.494 e. The molecule has 2 aromatic carbocycles. The highest BCUT2D eigenvalue weighted by Gasteiger charge is 2.16. The molecule has 0 saturated heterocycles. The predicted molar refractivity (Wildman–Crippen MR) is 95.9 cm³/mol. The van der Waals surface area contributed by atoms with Gasteiger partial charge in [-0.15, -0.1) is 0 Å². The molecule has 0 aliphatic rings. The van der Waals surface area contributed by atoms with E-state index in [0.717, 1.165) is 11.3 Å². The fraction of sp³-hybridized carbons (Fsp3) is 0.211. The van der Waals surface area contributed by atoms with Gasteiger partial charge in [0.1, 0.15) is 5.75 Å². The van der Waals surface area contributed by atoms with E-state index in [2.05, 4.69) is 15.5 Å². The van der Waals surface area contributed by atoms with Gasteiger partial charge in [0.05, 0.1) is 18.0 Å². The number of benzene rings is 2. The molecule has 3 rings (SSSR count). The molecule has 0 radical (unpaired) electrons. The molecule has 128 valence electrons. The maximum Gasteiger partial charge on any atom is 0.272 e. The number of H-pyrrole nitrogens is 1. The Morgan fingerprint density at radius 1 is 1.16 bits per heavy atom. The lowest BCUT2D eigenvalue weighted by atomic mass is 10.1. The highest BCUT2D eigenvalue weighted by molar-refractivity contribution is 6.04. The molecule has 1 aromatic heterocycles. The van der Waals surface area contributed by atoms with Crippen molar-refractivity contribution in [2.45, 2.75) is 19.9 Å². The van der Waals surface area contributed by atoms with Crippen molar-refractivity contribution in [3.8, 4) is 5.75 Å². The van der Waals surface area contributed by atoms with Crippen LogP contribution in [0.1, 0.15) is 35.9 Å². The Morgan fingerprint density at radius 2 is 1.84 bits per heavy atom. The van der Waals surface area contributed by atoms with Gasteiger partial charge in [0.2, 0.25) is 0 Å². The zero-order valence-corrected chi connectivity index (χ0v) is 14.1. The number of hydrogen-bond donors (Lipinski definition) is 2. The smallest absolute Gasteiger partial charge is 0.272 e. The number of ether oxygens (including phenoxy) is 1. The number of carbonyl (C=O) groups excluding carboxylic acids is 1. The van der Waals surface area contributed by atoms with Crippen LogP contribution in [0.5, 0.6) is 5.75 Å². The normalized spacial score (nSPS) is 11.9. The van der Waals surface area contributed by atoms with Gasteiger partial charge in [0.25, 0.3) is 11.5 Å². The van der Waals surface area contributed by atoms with Crippen molar-refractivity contribution in [1.82, 2.24) is 15.5 Å². The van der Waals surface area contributed by atoms with E-state index in [0.29, 0.717) is 17.4 Å². The lowest BCUT2D eigenvalue weighted by Crippen LogP contribution is -2.29. The molecule has 0 aliphatic carbocycles. The topological polar surface area (TPSA) is 84.1 Å². The van der Waals surface area contributed by atoms with Gasteiger partial charge in [-0.2, -0.15) is 5.10 Å². The van der Waals surface area contributed by atoms with Gasteiger partial charge < -0.3 is 10.1 Å². The molecular formula is C19H19N3O3. The number of nitrogens with zero attached hydrogens (tertiary/aromatic N) is 1. The maximum absolute atomic E-state index is 12.6. The molecule has 0 aliphatic heterocycles. The lowest BCUT2D eigenvalue weighted by molar-refractivity contribution is 0.0935. The zero-order valence-electron chi connectivity index (χ0n) is 14.1. The Labute approximate surface area is 144 Å². The molecule has 6 nitrogen and oxygen atoms in total. The average Bonchev–Trinajstić information content (AvgIpc) is 2.63. The summed E-state index contributed by atoms with van der Waals surface area (Å²) in [6.45, 7) is 4.43. The van der Waals surface area contributed by atoms with Gasteiger partial charge in [-0.3, -0.25) is 9.59 Å². The van der Waals surface area contributed by atoms with Crippen LogP contribution in [0.25, 0.3) is 10.8 Å². The molecule has 0 saturated carbocycles. The number of carbonyl (C=O) groups is 1. The lowest BCUT2D eigenvalue weighted by Gasteiger charge is -2.15. The number of aromatic nitrogens is 2. The first-order valence-corrected chi connectivity index (χ1v) is 8.11. The number of fused-ring (bicyclic) bond motifs is 1. The average molecular weight is 337 g/mol. The van der Waals surface area contributed by atoms with Crippen molar-refractivity contribution in [3.63, 3.8) is 0 Å². The summed E-state index contributed by atoms with van der Waals surface area (Å²) in [4.78, 5) is 24.4. The van der Waals surface area contributed by atoms with E-state index < -0.39 is 0 Å². The van der Waals surface area contributed by atoms with E-state index in [-0.39, 0.29) is 23.2 Å². The minimum absolute atomic E-state index is 0.202. The van der Waals surface area contributed by atoms with Crippen molar-refractivity contribution < 1.29 is 9.53 Å². The monoisotopic (exact) mass is 337 g/mol. The number of amides is 1. The van der Waals surface area contributed by atoms with Gasteiger partial charge in [-0.1, -0.05) is 30.3 Å². The third-order valence-electron chi connectivity index (χ3n) is 3.95. The highest BCUT2D eigenvalue weighted by Crippen LogP contribution is 2.19. The van der Waals surface area contributed by atoms with Gasteiger partial charge in [-0.25, -0.2) is 5.10 Å². The molecule has 0 bridgehead atoms. The van der Waals surface area contributed by atoms with Crippen LogP contribution in [0.3, 0.4) is 0 Å². The first kappa shape index (κ1) is 16.7. The summed E-state index contributed by atoms with van der Waals surface area (Å²) >= 11 is 0. The summed E-state index contributed by atoms with van der Waals surface area (Å²) in [5.74, 6) is 0.451. The van der Waals surface area contributed by atoms with Crippen LogP contribution in [-0.4, -0.2) is 22.7 Å². The van der Waals surface area contributed by atoms with Crippen LogP contribution in [0.4, 0.5) is 0 Å². The van der Waals surface area contributed by atoms with Crippen LogP contribution >= 0.6 is 0 Å². The summed E-state index contributed by atoms with van der Waals surface area (Å²) in [7, 11) is 0. The molecular weight excluding hydrogens is 318 g/mol. The van der Waals surface area contributed by atoms with Crippen LogP contribution < -0.4 is 15.6 Å². The van der Waals surface area contributed by atoms with Gasteiger partial charge in [-0.05, 0) is 37.6 Å². The van der Waals surface area contributed by atoms with E-state index in [1.807, 2.05) is 38.1 Å². The summed E-state index contributed by atoms with van der Waals surface area (Å²) in [6.07, 6.45) is 0. The third-order valence-corrected chi connectivity index (χ3v) is 3.95. The fourth-order valence-electron chi connectivity index (χ4n) is 2.66. The van der Waals surface area contributed by atoms with Crippen LogP contribution in [0, 0.1) is 0 Å². The second-order valence-corrected chi connectivity index (χ2v) is 5.64. The number of hydrogen-bond acceptors (Lipinski definition) is 4. The van der Waals surface area contributed by atoms with Gasteiger partial charge in [0, 0.05) is 5.39 Å². The van der Waals surface area contributed by atoms with Gasteiger partial charge >= 0.3 is 0 Å². The zero-order chi connectivity index (χ0) is 17.8. The van der Waals surface area contributed by atoms with Crippen molar-refractivity contribution in [2.75, 3.05) is 6.61 Å². The molecule has 1 heterocycles. The summed E-state index contributed by atoms with van der Waals surface area (Å²) in [5, 5.41) is 10.2. The fourth-order valence-corrected chi connectivity index (χ4v) is 2.66. The van der Waals surface area contributed by atoms with Crippen molar-refractivity contribution in [2.24, 2.45) is 0 Å². The standard InChI is InChI=1S/C19H19N3O3/c1-3-25-14-10-8-13(9-11-14)12(2)20-19(24)17-15-6-4-5-7-16(15)18(23)22-21-17/h4-12H,3H2,1-2H3,(H,20,24)(H,22,23)/t12-/m0/s1. The minimum atomic E-state index is -0.339. The molecule has 0 spiro atoms. The predicted octanol–water partition coefficient (Wildman–Crippen LogP) is 2.81. The number of nitrogens with one attached hydrogen (secondary N) is 2. The molecule has 1 amide bonds. The van der Waals surface area contributed by atoms with Crippen LogP contribution in [-0.2, 0) is 0 Å². The first-order chi connectivity index (χ1) is 12.1. The molecule has 2 N–H and O–H groups in total. The quantitative estimate of drug-likeness (QED) is 0.750. The Hall–Kier alpha value is -3.15. The number of aromatic amines is 1. The molecule has 25 heavy (non-hydrogen) atoms. The first-order valence-electron chi connectivity index (χ1n) is 8.11. The molecule has 1 atom stereocenters. The SMILES string of the molecule is CCOc1ccc([C@H](C)NC(=O)c2n[nH]c(=O)c3ccccc23)cc1. The van der Waals surface area contributed by atoms with Crippen LogP contribution in [0.2, 0.25) is 0 Å². The van der Waals surface area contributed by atoms with E-state index >= 15 is 0 Å². The summed E-state index contributed by atoms with van der Waals surface area (Å²) in [6, 6.07) is 14.3.